The lowest BCUT2D eigenvalue weighted by atomic mass is 9.95. The molecular formula is C13H20N2O3S. The molecule has 1 saturated carbocycles. The third-order valence-electron chi connectivity index (χ3n) is 3.21. The lowest BCUT2D eigenvalue weighted by Crippen LogP contribution is -2.50. The minimum Gasteiger partial charge on any atom is -0.480 e. The van der Waals surface area contributed by atoms with E-state index in [0.29, 0.717) is 5.25 Å². The molecule has 1 aliphatic rings. The number of carbonyl (C=O) groups is 2. The molecule has 1 rings (SSSR count). The second-order valence-electron chi connectivity index (χ2n) is 4.57. The van der Waals surface area contributed by atoms with Crippen LogP contribution in [0, 0.1) is 12.3 Å². The van der Waals surface area contributed by atoms with Gasteiger partial charge in [0.05, 0.1) is 6.54 Å². The van der Waals surface area contributed by atoms with Gasteiger partial charge in [-0.05, 0) is 19.1 Å². The number of hydrogen-bond donors (Lipinski definition) is 2. The van der Waals surface area contributed by atoms with Crippen molar-refractivity contribution in [1.82, 2.24) is 10.2 Å². The Morgan fingerprint density at radius 1 is 1.47 bits per heavy atom. The predicted molar refractivity (Wildman–Crippen MR) is 76.1 cm³/mol. The molecule has 0 radical (unpaired) electrons. The molecule has 0 aromatic carbocycles. The number of carbonyl (C=O) groups excluding carboxylic acids is 1. The zero-order valence-corrected chi connectivity index (χ0v) is 11.9. The normalized spacial score (nSPS) is 22.3. The molecule has 0 aromatic rings. The summed E-state index contributed by atoms with van der Waals surface area (Å²) in [5.41, 5.74) is 0. The van der Waals surface area contributed by atoms with Crippen molar-refractivity contribution in [1.29, 1.82) is 0 Å². The highest BCUT2D eigenvalue weighted by atomic mass is 32.2. The number of hydrogen-bond acceptors (Lipinski definition) is 3. The maximum Gasteiger partial charge on any atom is 0.323 e. The van der Waals surface area contributed by atoms with Crippen molar-refractivity contribution in [2.24, 2.45) is 0 Å². The van der Waals surface area contributed by atoms with Crippen LogP contribution in [0.15, 0.2) is 0 Å². The minimum absolute atomic E-state index is 0.00872. The summed E-state index contributed by atoms with van der Waals surface area (Å²) in [6.45, 7) is -0.360. The summed E-state index contributed by atoms with van der Waals surface area (Å²) in [7, 11) is 0. The molecule has 0 bridgehead atoms. The SMILES string of the molecule is C#CCN(CC(=O)O)C(=O)NC1CCCCC1SC. The van der Waals surface area contributed by atoms with Crippen LogP contribution in [0.2, 0.25) is 0 Å². The number of carboxylic acid groups (broad SMARTS) is 1. The Kier molecular flexibility index (Phi) is 6.57. The van der Waals surface area contributed by atoms with E-state index in [2.05, 4.69) is 11.2 Å². The zero-order chi connectivity index (χ0) is 14.3. The summed E-state index contributed by atoms with van der Waals surface area (Å²) < 4.78 is 0. The van der Waals surface area contributed by atoms with Gasteiger partial charge >= 0.3 is 12.0 Å². The summed E-state index contributed by atoms with van der Waals surface area (Å²) in [6.07, 6.45) is 11.5. The van der Waals surface area contributed by atoms with Gasteiger partial charge in [0.1, 0.15) is 6.54 Å². The van der Waals surface area contributed by atoms with Crippen molar-refractivity contribution in [2.75, 3.05) is 19.3 Å². The van der Waals surface area contributed by atoms with Crippen LogP contribution in [0.3, 0.4) is 0 Å². The Morgan fingerprint density at radius 3 is 2.74 bits per heavy atom. The zero-order valence-electron chi connectivity index (χ0n) is 11.1. The van der Waals surface area contributed by atoms with E-state index in [0.717, 1.165) is 24.2 Å². The molecule has 5 nitrogen and oxygen atoms in total. The van der Waals surface area contributed by atoms with Crippen molar-refractivity contribution < 1.29 is 14.7 Å². The second kappa shape index (κ2) is 7.95. The lowest BCUT2D eigenvalue weighted by Gasteiger charge is -2.32. The number of urea groups is 1. The van der Waals surface area contributed by atoms with E-state index in [1.807, 2.05) is 6.26 Å². The van der Waals surface area contributed by atoms with Gasteiger partial charge in [0.2, 0.25) is 0 Å². The molecule has 1 aliphatic carbocycles. The van der Waals surface area contributed by atoms with E-state index in [4.69, 9.17) is 11.5 Å². The largest absolute Gasteiger partial charge is 0.480 e. The third kappa shape index (κ3) is 5.03. The van der Waals surface area contributed by atoms with Gasteiger partial charge in [-0.1, -0.05) is 18.8 Å². The molecule has 0 aliphatic heterocycles. The first-order chi connectivity index (χ1) is 9.08. The van der Waals surface area contributed by atoms with Crippen LogP contribution < -0.4 is 5.32 Å². The number of carboxylic acids is 1. The van der Waals surface area contributed by atoms with Crippen LogP contribution >= 0.6 is 11.8 Å². The molecule has 19 heavy (non-hydrogen) atoms. The number of nitrogens with one attached hydrogen (secondary N) is 1. The molecule has 0 heterocycles. The van der Waals surface area contributed by atoms with Crippen molar-refractivity contribution in [3.63, 3.8) is 0 Å². The highest BCUT2D eigenvalue weighted by molar-refractivity contribution is 7.99. The molecule has 1 fully saturated rings. The fourth-order valence-electron chi connectivity index (χ4n) is 2.27. The summed E-state index contributed by atoms with van der Waals surface area (Å²) >= 11 is 1.74. The maximum atomic E-state index is 12.0. The van der Waals surface area contributed by atoms with Crippen LogP contribution in [0.1, 0.15) is 25.7 Å². The standard InChI is InChI=1S/C13H20N2O3S/c1-3-8-15(9-12(16)17)13(18)14-10-6-4-5-7-11(10)19-2/h1,10-11H,4-9H2,2H3,(H,14,18)(H,16,17). The van der Waals surface area contributed by atoms with Gasteiger partial charge in [-0.15, -0.1) is 6.42 Å². The fraction of sp³-hybridized carbons (Fsp3) is 0.692. The Balaban J connectivity index is 2.59. The first-order valence-electron chi connectivity index (χ1n) is 6.32. The average Bonchev–Trinajstić information content (AvgIpc) is 2.38. The van der Waals surface area contributed by atoms with E-state index in [-0.39, 0.29) is 25.2 Å². The molecule has 2 amide bonds. The van der Waals surface area contributed by atoms with Crippen molar-refractivity contribution in [3.8, 4) is 12.3 Å². The number of terminal acetylenes is 1. The van der Waals surface area contributed by atoms with Crippen LogP contribution in [0.5, 0.6) is 0 Å². The quantitative estimate of drug-likeness (QED) is 0.749. The smallest absolute Gasteiger partial charge is 0.323 e. The van der Waals surface area contributed by atoms with Gasteiger partial charge in [-0.2, -0.15) is 11.8 Å². The van der Waals surface area contributed by atoms with Gasteiger partial charge in [-0.3, -0.25) is 4.79 Å². The van der Waals surface area contributed by atoms with Crippen molar-refractivity contribution >= 4 is 23.8 Å². The van der Waals surface area contributed by atoms with Gasteiger partial charge < -0.3 is 15.3 Å². The molecule has 106 valence electrons. The first kappa shape index (κ1) is 15.7. The van der Waals surface area contributed by atoms with Gasteiger partial charge in [0.25, 0.3) is 0 Å². The maximum absolute atomic E-state index is 12.0. The van der Waals surface area contributed by atoms with E-state index < -0.39 is 5.97 Å². The number of rotatable bonds is 5. The molecule has 6 heteroatoms. The van der Waals surface area contributed by atoms with E-state index in [9.17, 15) is 9.59 Å². The lowest BCUT2D eigenvalue weighted by molar-refractivity contribution is -0.137. The topological polar surface area (TPSA) is 69.6 Å². The number of amides is 2. The van der Waals surface area contributed by atoms with Crippen LogP contribution in [0.4, 0.5) is 4.79 Å². The summed E-state index contributed by atoms with van der Waals surface area (Å²) in [6, 6.07) is -0.281. The van der Waals surface area contributed by atoms with E-state index in [1.165, 1.54) is 6.42 Å². The van der Waals surface area contributed by atoms with E-state index >= 15 is 0 Å². The number of aliphatic carboxylic acids is 1. The van der Waals surface area contributed by atoms with Crippen LogP contribution in [-0.4, -0.2) is 52.6 Å². The fourth-order valence-corrected chi connectivity index (χ4v) is 3.20. The first-order valence-corrected chi connectivity index (χ1v) is 7.60. The van der Waals surface area contributed by atoms with Crippen molar-refractivity contribution in [3.05, 3.63) is 0 Å². The monoisotopic (exact) mass is 284 g/mol. The highest BCUT2D eigenvalue weighted by Crippen LogP contribution is 2.27. The molecule has 0 aromatic heterocycles. The Hall–Kier alpha value is -1.35. The third-order valence-corrected chi connectivity index (χ3v) is 4.38. The van der Waals surface area contributed by atoms with Crippen molar-refractivity contribution in [2.45, 2.75) is 37.0 Å². The molecule has 2 unspecified atom stereocenters. The second-order valence-corrected chi connectivity index (χ2v) is 5.65. The average molecular weight is 284 g/mol. The summed E-state index contributed by atoms with van der Waals surface area (Å²) in [5, 5.41) is 12.1. The van der Waals surface area contributed by atoms with Gasteiger partial charge in [0.15, 0.2) is 0 Å². The molecular weight excluding hydrogens is 264 g/mol. The molecule has 0 saturated heterocycles. The highest BCUT2D eigenvalue weighted by Gasteiger charge is 2.27. The Labute approximate surface area is 118 Å². The van der Waals surface area contributed by atoms with Gasteiger partial charge in [0, 0.05) is 11.3 Å². The molecule has 2 atom stereocenters. The summed E-state index contributed by atoms with van der Waals surface area (Å²) in [4.78, 5) is 23.9. The molecule has 2 N–H and O–H groups in total. The number of thioether (sulfide) groups is 1. The van der Waals surface area contributed by atoms with Gasteiger partial charge in [-0.25, -0.2) is 4.79 Å². The molecule has 0 spiro atoms. The van der Waals surface area contributed by atoms with Crippen LogP contribution in [-0.2, 0) is 4.79 Å². The van der Waals surface area contributed by atoms with Crippen LogP contribution in [0.25, 0.3) is 0 Å². The summed E-state index contributed by atoms with van der Waals surface area (Å²) in [5.74, 6) is 1.25. The Morgan fingerprint density at radius 2 is 2.16 bits per heavy atom. The Bertz CT molecular complexity index is 367. The number of nitrogens with zero attached hydrogens (tertiary/aromatic N) is 1. The minimum atomic E-state index is -1.06. The predicted octanol–water partition coefficient (Wildman–Crippen LogP) is 1.39. The van der Waals surface area contributed by atoms with E-state index in [1.54, 1.807) is 11.8 Å².